The topological polar surface area (TPSA) is 94.2 Å². The third-order valence-corrected chi connectivity index (χ3v) is 4.36. The fourth-order valence-electron chi connectivity index (χ4n) is 2.21. The van der Waals surface area contributed by atoms with Gasteiger partial charge >= 0.3 is 12.0 Å². The van der Waals surface area contributed by atoms with Crippen molar-refractivity contribution >= 4 is 29.4 Å². The van der Waals surface area contributed by atoms with Crippen LogP contribution in [0, 0.1) is 12.8 Å². The molecule has 7 heteroatoms. The van der Waals surface area contributed by atoms with Crippen molar-refractivity contribution in [1.82, 2.24) is 10.3 Å². The smallest absolute Gasteiger partial charge is 0.354 e. The molecule has 1 aliphatic heterocycles. The van der Waals surface area contributed by atoms with Gasteiger partial charge in [0.05, 0.1) is 5.69 Å². The predicted octanol–water partition coefficient (Wildman–Crippen LogP) is 2.29. The number of carboxylic acids is 1. The lowest BCUT2D eigenvalue weighted by Gasteiger charge is -2.21. The number of H-pyrrole nitrogens is 1. The first-order chi connectivity index (χ1) is 9.56. The number of carbonyl (C=O) groups is 2. The van der Waals surface area contributed by atoms with Crippen LogP contribution >= 0.6 is 11.8 Å². The second-order valence-corrected chi connectivity index (χ2v) is 6.16. The first-order valence-corrected chi connectivity index (χ1v) is 7.77. The largest absolute Gasteiger partial charge is 0.477 e. The van der Waals surface area contributed by atoms with Crippen LogP contribution < -0.4 is 10.6 Å². The lowest BCUT2D eigenvalue weighted by atomic mass is 10.0. The van der Waals surface area contributed by atoms with Gasteiger partial charge in [0, 0.05) is 12.2 Å². The van der Waals surface area contributed by atoms with E-state index in [1.54, 1.807) is 13.0 Å². The molecule has 1 aliphatic rings. The van der Waals surface area contributed by atoms with Gasteiger partial charge in [0.15, 0.2) is 0 Å². The molecule has 0 spiro atoms. The lowest BCUT2D eigenvalue weighted by Crippen LogP contribution is -2.34. The van der Waals surface area contributed by atoms with Crippen molar-refractivity contribution in [2.24, 2.45) is 5.92 Å². The van der Waals surface area contributed by atoms with Crippen LogP contribution in [0.2, 0.25) is 0 Å². The number of carbonyl (C=O) groups excluding carboxylic acids is 1. The molecular weight excluding hydrogens is 278 g/mol. The molecule has 110 valence electrons. The monoisotopic (exact) mass is 297 g/mol. The Bertz CT molecular complexity index is 495. The number of carboxylic acid groups (broad SMARTS) is 1. The molecule has 0 aliphatic carbocycles. The van der Waals surface area contributed by atoms with E-state index in [1.807, 2.05) is 11.8 Å². The number of rotatable bonds is 4. The van der Waals surface area contributed by atoms with E-state index in [2.05, 4.69) is 15.6 Å². The predicted molar refractivity (Wildman–Crippen MR) is 79.6 cm³/mol. The van der Waals surface area contributed by atoms with Gasteiger partial charge < -0.3 is 20.7 Å². The third-order valence-electron chi connectivity index (χ3n) is 3.31. The van der Waals surface area contributed by atoms with Crippen molar-refractivity contribution in [2.75, 3.05) is 23.4 Å². The van der Waals surface area contributed by atoms with Crippen LogP contribution in [0.5, 0.6) is 0 Å². The van der Waals surface area contributed by atoms with Gasteiger partial charge in [-0.1, -0.05) is 0 Å². The SMILES string of the molecule is Cc1cc(NC(=O)NCC2CCSCC2)c(C(=O)O)[nH]1. The second-order valence-electron chi connectivity index (χ2n) is 4.94. The summed E-state index contributed by atoms with van der Waals surface area (Å²) in [5.74, 6) is 1.73. The summed E-state index contributed by atoms with van der Waals surface area (Å²) in [6, 6.07) is 1.25. The molecule has 1 saturated heterocycles. The number of anilines is 1. The maximum atomic E-state index is 11.8. The van der Waals surface area contributed by atoms with Crippen molar-refractivity contribution in [3.05, 3.63) is 17.5 Å². The van der Waals surface area contributed by atoms with Crippen molar-refractivity contribution in [2.45, 2.75) is 19.8 Å². The van der Waals surface area contributed by atoms with E-state index in [1.165, 1.54) is 0 Å². The molecule has 0 saturated carbocycles. The van der Waals surface area contributed by atoms with Crippen molar-refractivity contribution < 1.29 is 14.7 Å². The Hall–Kier alpha value is -1.63. The molecule has 1 aromatic rings. The molecule has 0 radical (unpaired) electrons. The van der Waals surface area contributed by atoms with Gasteiger partial charge in [-0.05, 0) is 43.3 Å². The number of aromatic amines is 1. The number of thioether (sulfide) groups is 1. The van der Waals surface area contributed by atoms with E-state index in [9.17, 15) is 9.59 Å². The normalized spacial score (nSPS) is 15.8. The Balaban J connectivity index is 1.86. The highest BCUT2D eigenvalue weighted by Gasteiger charge is 2.17. The van der Waals surface area contributed by atoms with E-state index in [0.717, 1.165) is 24.3 Å². The first-order valence-electron chi connectivity index (χ1n) is 6.61. The summed E-state index contributed by atoms with van der Waals surface area (Å²) in [7, 11) is 0. The maximum absolute atomic E-state index is 11.8. The second kappa shape index (κ2) is 6.69. The molecule has 1 aromatic heterocycles. The molecule has 0 bridgehead atoms. The number of amides is 2. The molecular formula is C13H19N3O3S. The maximum Gasteiger partial charge on any atom is 0.354 e. The van der Waals surface area contributed by atoms with Gasteiger partial charge in [-0.25, -0.2) is 9.59 Å². The van der Waals surface area contributed by atoms with E-state index < -0.39 is 5.97 Å². The van der Waals surface area contributed by atoms with Gasteiger partial charge in [0.2, 0.25) is 0 Å². The minimum Gasteiger partial charge on any atom is -0.477 e. The van der Waals surface area contributed by atoms with E-state index in [0.29, 0.717) is 23.8 Å². The highest BCUT2D eigenvalue weighted by atomic mass is 32.2. The quantitative estimate of drug-likeness (QED) is 0.686. The number of hydrogen-bond acceptors (Lipinski definition) is 3. The Morgan fingerprint density at radius 3 is 2.80 bits per heavy atom. The molecule has 1 fully saturated rings. The van der Waals surface area contributed by atoms with Crippen LogP contribution in [0.15, 0.2) is 6.07 Å². The van der Waals surface area contributed by atoms with Gasteiger partial charge in [-0.3, -0.25) is 0 Å². The van der Waals surface area contributed by atoms with E-state index in [4.69, 9.17) is 5.11 Å². The Morgan fingerprint density at radius 2 is 2.15 bits per heavy atom. The van der Waals surface area contributed by atoms with Crippen molar-refractivity contribution in [3.8, 4) is 0 Å². The molecule has 2 heterocycles. The van der Waals surface area contributed by atoms with Crippen LogP contribution in [0.1, 0.15) is 29.0 Å². The highest BCUT2D eigenvalue weighted by molar-refractivity contribution is 7.99. The summed E-state index contributed by atoms with van der Waals surface area (Å²) in [4.78, 5) is 25.5. The number of nitrogens with one attached hydrogen (secondary N) is 3. The standard InChI is InChI=1S/C13H19N3O3S/c1-8-6-10(11(15-8)12(17)18)16-13(19)14-7-9-2-4-20-5-3-9/h6,9,15H,2-5,7H2,1H3,(H,17,18)(H2,14,16,19). The number of aromatic carboxylic acids is 1. The van der Waals surface area contributed by atoms with Gasteiger partial charge in [-0.15, -0.1) is 0 Å². The van der Waals surface area contributed by atoms with Gasteiger partial charge in [-0.2, -0.15) is 11.8 Å². The zero-order chi connectivity index (χ0) is 14.5. The lowest BCUT2D eigenvalue weighted by molar-refractivity contribution is 0.0692. The molecule has 20 heavy (non-hydrogen) atoms. The van der Waals surface area contributed by atoms with Gasteiger partial charge in [0.25, 0.3) is 0 Å². The Labute approximate surface area is 121 Å². The van der Waals surface area contributed by atoms with Crippen LogP contribution in [0.4, 0.5) is 10.5 Å². The zero-order valence-electron chi connectivity index (χ0n) is 11.4. The first kappa shape index (κ1) is 14.8. The molecule has 0 atom stereocenters. The van der Waals surface area contributed by atoms with Gasteiger partial charge in [0.1, 0.15) is 5.69 Å². The van der Waals surface area contributed by atoms with Crippen molar-refractivity contribution in [3.63, 3.8) is 0 Å². The van der Waals surface area contributed by atoms with Crippen LogP contribution in [0.25, 0.3) is 0 Å². The molecule has 0 unspecified atom stereocenters. The number of aromatic nitrogens is 1. The fourth-order valence-corrected chi connectivity index (χ4v) is 3.41. The zero-order valence-corrected chi connectivity index (χ0v) is 12.2. The summed E-state index contributed by atoms with van der Waals surface area (Å²) >= 11 is 1.95. The molecule has 2 rings (SSSR count). The Kier molecular flexibility index (Phi) is 4.94. The highest BCUT2D eigenvalue weighted by Crippen LogP contribution is 2.22. The summed E-state index contributed by atoms with van der Waals surface area (Å²) in [5, 5.41) is 14.4. The minimum absolute atomic E-state index is 0.00622. The van der Waals surface area contributed by atoms with Crippen LogP contribution in [-0.2, 0) is 0 Å². The minimum atomic E-state index is -1.09. The molecule has 2 amide bonds. The van der Waals surface area contributed by atoms with Crippen LogP contribution in [-0.4, -0.2) is 40.1 Å². The van der Waals surface area contributed by atoms with Crippen LogP contribution in [0.3, 0.4) is 0 Å². The molecule has 0 aromatic carbocycles. The Morgan fingerprint density at radius 1 is 1.45 bits per heavy atom. The average molecular weight is 297 g/mol. The number of urea groups is 1. The number of hydrogen-bond donors (Lipinski definition) is 4. The van der Waals surface area contributed by atoms with E-state index in [-0.39, 0.29) is 11.7 Å². The third kappa shape index (κ3) is 3.93. The van der Waals surface area contributed by atoms with E-state index >= 15 is 0 Å². The average Bonchev–Trinajstić information content (AvgIpc) is 2.79. The summed E-state index contributed by atoms with van der Waals surface area (Å²) in [6.45, 7) is 2.38. The fraction of sp³-hybridized carbons (Fsp3) is 0.538. The summed E-state index contributed by atoms with van der Waals surface area (Å²) in [5.41, 5.74) is 1.00. The summed E-state index contributed by atoms with van der Waals surface area (Å²) < 4.78 is 0. The van der Waals surface area contributed by atoms with Crippen molar-refractivity contribution in [1.29, 1.82) is 0 Å². The number of aryl methyl sites for hydroxylation is 1. The molecule has 6 nitrogen and oxygen atoms in total. The molecule has 4 N–H and O–H groups in total. The summed E-state index contributed by atoms with van der Waals surface area (Å²) in [6.07, 6.45) is 2.24.